The quantitative estimate of drug-likeness (QED) is 0.0247. The van der Waals surface area contributed by atoms with Crippen LogP contribution < -0.4 is 20.1 Å². The van der Waals surface area contributed by atoms with Gasteiger partial charge >= 0.3 is 5.97 Å². The Morgan fingerprint density at radius 3 is 1.51 bits per heavy atom. The first kappa shape index (κ1) is 62.1. The molecule has 1 aliphatic heterocycles. The van der Waals surface area contributed by atoms with Crippen molar-refractivity contribution >= 4 is 23.7 Å². The molecule has 3 aromatic carbocycles. The molecule has 1 aliphatic rings. The maximum Gasteiger partial charge on any atom is 0.327 e. The Labute approximate surface area is 450 Å². The van der Waals surface area contributed by atoms with Crippen molar-refractivity contribution in [2.75, 3.05) is 53.6 Å². The smallest absolute Gasteiger partial charge is 0.327 e. The Morgan fingerprint density at radius 2 is 1.00 bits per heavy atom. The van der Waals surface area contributed by atoms with Crippen LogP contribution in [0.4, 0.5) is 0 Å². The van der Waals surface area contributed by atoms with Gasteiger partial charge in [0.25, 0.3) is 0 Å². The van der Waals surface area contributed by atoms with Gasteiger partial charge in [0.15, 0.2) is 0 Å². The van der Waals surface area contributed by atoms with E-state index in [-0.39, 0.29) is 30.9 Å². The molecular formula is C63H93N3O9. The molecule has 0 aromatic heterocycles. The van der Waals surface area contributed by atoms with Crippen LogP contribution in [0, 0.1) is 10.8 Å². The topological polar surface area (TPSA) is 164 Å². The number of carboxylic acids is 1. The van der Waals surface area contributed by atoms with Crippen molar-refractivity contribution in [3.8, 4) is 11.5 Å². The number of carbonyl (C=O) groups is 4. The Balaban J connectivity index is 1.03. The molecule has 0 spiro atoms. The second-order valence-electron chi connectivity index (χ2n) is 21.3. The lowest BCUT2D eigenvalue weighted by atomic mass is 9.68. The van der Waals surface area contributed by atoms with Gasteiger partial charge in [-0.15, -0.1) is 0 Å². The van der Waals surface area contributed by atoms with Crippen LogP contribution in [0.5, 0.6) is 11.5 Å². The largest absolute Gasteiger partial charge is 0.497 e. The van der Waals surface area contributed by atoms with Crippen LogP contribution in [-0.2, 0) is 29.5 Å². The fourth-order valence-electron chi connectivity index (χ4n) is 10.2. The van der Waals surface area contributed by atoms with Gasteiger partial charge in [-0.25, -0.2) is 4.79 Å². The summed E-state index contributed by atoms with van der Waals surface area (Å²) >= 11 is 0. The first-order valence-corrected chi connectivity index (χ1v) is 28.4. The number of hydrogen-bond acceptors (Lipinski definition) is 8. The molecule has 3 aromatic rings. The summed E-state index contributed by atoms with van der Waals surface area (Å²) in [4.78, 5) is 50.7. The standard InChI is InChI=1S/C63H93N3O9/c1-61(50-67)48-66(49-62(61,2)51-75-63(52-32-24-23-25-33-52,53-38-42-55(73-3)43-39-53)54-40-44-56(74-4)45-41-54)59(70)36-28-19-14-13-18-27-35-58(69)65-47-30-21-15-9-5-7-11-17-26-34-57(68)64-46-31-22-16-10-6-8-12-20-29-37-60(71)72/h23-26,29,32-34,37-45,67H,5-22,27-28,30-31,35-36,46-51H2,1-4H3,(H,64,68)(H,65,69)(H,71,72). The van der Waals surface area contributed by atoms with Crippen molar-refractivity contribution in [2.24, 2.45) is 10.8 Å². The summed E-state index contributed by atoms with van der Waals surface area (Å²) in [6, 6.07) is 26.1. The van der Waals surface area contributed by atoms with Crippen molar-refractivity contribution in [3.05, 3.63) is 120 Å². The summed E-state index contributed by atoms with van der Waals surface area (Å²) in [6.07, 6.45) is 30.8. The minimum absolute atomic E-state index is 0.00581. The molecule has 75 heavy (non-hydrogen) atoms. The van der Waals surface area contributed by atoms with E-state index in [1.54, 1.807) is 26.4 Å². The number of unbranched alkanes of at least 4 members (excludes halogenated alkanes) is 19. The molecule has 0 bridgehead atoms. The van der Waals surface area contributed by atoms with Crippen LogP contribution in [0.15, 0.2) is 103 Å². The number of nitrogens with one attached hydrogen (secondary N) is 2. The lowest BCUT2D eigenvalue weighted by molar-refractivity contribution is -0.132. The van der Waals surface area contributed by atoms with E-state index >= 15 is 0 Å². The molecule has 2 unspecified atom stereocenters. The molecule has 1 fully saturated rings. The zero-order valence-corrected chi connectivity index (χ0v) is 46.2. The van der Waals surface area contributed by atoms with E-state index in [1.165, 1.54) is 44.6 Å². The predicted octanol–water partition coefficient (Wildman–Crippen LogP) is 12.7. The molecule has 1 saturated heterocycles. The first-order chi connectivity index (χ1) is 36.4. The van der Waals surface area contributed by atoms with Gasteiger partial charge in [0, 0.05) is 55.9 Å². The number of ether oxygens (including phenoxy) is 3. The van der Waals surface area contributed by atoms with E-state index in [1.807, 2.05) is 77.7 Å². The van der Waals surface area contributed by atoms with Crippen LogP contribution in [0.3, 0.4) is 0 Å². The zero-order chi connectivity index (χ0) is 54.0. The summed E-state index contributed by atoms with van der Waals surface area (Å²) in [6.45, 7) is 6.81. The minimum atomic E-state index is -1.01. The molecular weight excluding hydrogens is 943 g/mol. The highest BCUT2D eigenvalue weighted by atomic mass is 16.5. The maximum absolute atomic E-state index is 13.8. The Hall–Kier alpha value is -5.46. The number of carbonyl (C=O) groups excluding carboxylic acids is 3. The number of rotatable bonds is 40. The number of aliphatic hydroxyl groups is 1. The van der Waals surface area contributed by atoms with Gasteiger partial charge in [-0.05, 0) is 98.4 Å². The number of nitrogens with zero attached hydrogens (tertiary/aromatic N) is 1. The number of aliphatic hydroxyl groups excluding tert-OH is 1. The second kappa shape index (κ2) is 35.0. The number of amides is 3. The van der Waals surface area contributed by atoms with Crippen molar-refractivity contribution in [1.29, 1.82) is 0 Å². The molecule has 4 rings (SSSR count). The van der Waals surface area contributed by atoms with Crippen molar-refractivity contribution in [1.82, 2.24) is 15.5 Å². The van der Waals surface area contributed by atoms with E-state index in [2.05, 4.69) is 36.6 Å². The van der Waals surface area contributed by atoms with Gasteiger partial charge in [0.1, 0.15) is 17.1 Å². The molecule has 0 saturated carbocycles. The molecule has 3 amide bonds. The highest BCUT2D eigenvalue weighted by Gasteiger charge is 2.54. The summed E-state index contributed by atoms with van der Waals surface area (Å²) < 4.78 is 18.4. The normalized spacial score (nSPS) is 16.7. The van der Waals surface area contributed by atoms with E-state index in [4.69, 9.17) is 19.3 Å². The average molecular weight is 1040 g/mol. The number of methoxy groups -OCH3 is 2. The van der Waals surface area contributed by atoms with Crippen molar-refractivity contribution in [3.63, 3.8) is 0 Å². The summed E-state index contributed by atoms with van der Waals surface area (Å²) in [5.41, 5.74) is 0.672. The van der Waals surface area contributed by atoms with E-state index in [0.717, 1.165) is 137 Å². The summed E-state index contributed by atoms with van der Waals surface area (Å²) in [7, 11) is 3.31. The molecule has 0 aliphatic carbocycles. The van der Waals surface area contributed by atoms with Crippen LogP contribution in [0.2, 0.25) is 0 Å². The van der Waals surface area contributed by atoms with Gasteiger partial charge in [0.05, 0.1) is 27.4 Å². The predicted molar refractivity (Wildman–Crippen MR) is 301 cm³/mol. The Bertz CT molecular complexity index is 2100. The van der Waals surface area contributed by atoms with Gasteiger partial charge < -0.3 is 40.0 Å². The maximum atomic E-state index is 13.8. The fourth-order valence-corrected chi connectivity index (χ4v) is 10.2. The molecule has 414 valence electrons. The van der Waals surface area contributed by atoms with E-state index in [9.17, 15) is 24.3 Å². The third kappa shape index (κ3) is 21.6. The van der Waals surface area contributed by atoms with Crippen molar-refractivity contribution in [2.45, 2.75) is 174 Å². The van der Waals surface area contributed by atoms with Crippen LogP contribution >= 0.6 is 0 Å². The van der Waals surface area contributed by atoms with Gasteiger partial charge in [-0.2, -0.15) is 0 Å². The number of allylic oxidation sites excluding steroid dienone is 2. The molecule has 4 N–H and O–H groups in total. The van der Waals surface area contributed by atoms with E-state index < -0.39 is 22.4 Å². The SMILES string of the molecule is COc1ccc(C(OCC2(C)CN(C(=O)CCCCCCCCC(=O)NCCCCCCCCCC=CC(=O)NCCCCCCCCCC=CC(=O)O)CC2(C)CO)(c2ccccc2)c2ccc(OC)cc2)cc1. The number of hydrogen-bond donors (Lipinski definition) is 4. The Kier molecular flexibility index (Phi) is 29.0. The monoisotopic (exact) mass is 1040 g/mol. The number of aliphatic carboxylic acids is 1. The van der Waals surface area contributed by atoms with Gasteiger partial charge in [-0.1, -0.05) is 170 Å². The molecule has 0 radical (unpaired) electrons. The number of benzene rings is 3. The van der Waals surface area contributed by atoms with Crippen molar-refractivity contribution < 1.29 is 43.6 Å². The van der Waals surface area contributed by atoms with Gasteiger partial charge in [0.2, 0.25) is 17.7 Å². The zero-order valence-electron chi connectivity index (χ0n) is 46.2. The lowest BCUT2D eigenvalue weighted by Crippen LogP contribution is -2.46. The molecule has 12 heteroatoms. The molecule has 1 heterocycles. The van der Waals surface area contributed by atoms with Crippen LogP contribution in [-0.4, -0.2) is 92.4 Å². The third-order valence-electron chi connectivity index (χ3n) is 15.3. The summed E-state index contributed by atoms with van der Waals surface area (Å²) in [5.74, 6) is 0.850. The lowest BCUT2D eigenvalue weighted by Gasteiger charge is -2.43. The number of likely N-dealkylation sites (tertiary alicyclic amines) is 1. The van der Waals surface area contributed by atoms with E-state index in [0.29, 0.717) is 32.5 Å². The van der Waals surface area contributed by atoms with Crippen LogP contribution in [0.1, 0.15) is 185 Å². The van der Waals surface area contributed by atoms with Gasteiger partial charge in [-0.3, -0.25) is 14.4 Å². The highest BCUT2D eigenvalue weighted by molar-refractivity contribution is 5.87. The molecule has 2 atom stereocenters. The third-order valence-corrected chi connectivity index (χ3v) is 15.3. The average Bonchev–Trinajstić information content (AvgIpc) is 3.70. The highest BCUT2D eigenvalue weighted by Crippen LogP contribution is 2.49. The summed E-state index contributed by atoms with van der Waals surface area (Å²) in [5, 5.41) is 25.6. The van der Waals surface area contributed by atoms with Crippen LogP contribution in [0.25, 0.3) is 0 Å². The fraction of sp³-hybridized carbons (Fsp3) is 0.587. The number of carboxylic acid groups (broad SMARTS) is 1. The first-order valence-electron chi connectivity index (χ1n) is 28.4. The molecule has 12 nitrogen and oxygen atoms in total. The minimum Gasteiger partial charge on any atom is -0.497 e. The Morgan fingerprint density at radius 1 is 0.560 bits per heavy atom. The second-order valence-corrected chi connectivity index (χ2v) is 21.3.